The number of rotatable bonds is 3. The van der Waals surface area contributed by atoms with Gasteiger partial charge in [0.15, 0.2) is 0 Å². The largest absolute Gasteiger partial charge is 0.311 e. The molecule has 0 saturated heterocycles. The molecule has 0 bridgehead atoms. The van der Waals surface area contributed by atoms with Crippen molar-refractivity contribution in [1.82, 2.24) is 14.1 Å². The molecular formula is C31H26N3Si-. The van der Waals surface area contributed by atoms with E-state index in [1.54, 1.807) is 0 Å². The van der Waals surface area contributed by atoms with Gasteiger partial charge >= 0.3 is 0 Å². The van der Waals surface area contributed by atoms with Gasteiger partial charge in [-0.25, -0.2) is 4.98 Å². The summed E-state index contributed by atoms with van der Waals surface area (Å²) < 4.78 is 4.77. The van der Waals surface area contributed by atoms with E-state index in [4.69, 9.17) is 4.98 Å². The molecule has 35 heavy (non-hydrogen) atoms. The second-order valence-corrected chi connectivity index (χ2v) is 12.6. The van der Waals surface area contributed by atoms with Crippen LogP contribution in [-0.4, -0.2) is 22.9 Å². The van der Waals surface area contributed by atoms with E-state index in [0.29, 0.717) is 5.54 Å². The van der Waals surface area contributed by atoms with Crippen LogP contribution in [0.5, 0.6) is 0 Å². The summed E-state index contributed by atoms with van der Waals surface area (Å²) in [4.78, 5) is 5.39. The van der Waals surface area contributed by atoms with Gasteiger partial charge in [-0.05, 0) is 42.8 Å². The molecule has 0 amide bonds. The first-order chi connectivity index (χ1) is 17.2. The van der Waals surface area contributed by atoms with Gasteiger partial charge in [0.25, 0.3) is 0 Å². The summed E-state index contributed by atoms with van der Waals surface area (Å²) in [6, 6.07) is 30.3. The van der Waals surface area contributed by atoms with Crippen molar-refractivity contribution in [3.8, 4) is 5.69 Å². The SMILES string of the molecule is C[Si-](C)C1C=CC=C(n2c3ccccc3c3nc4c(cc32)c2ccccc2n4-c2ccccc2)C1. The van der Waals surface area contributed by atoms with Crippen molar-refractivity contribution < 1.29 is 0 Å². The summed E-state index contributed by atoms with van der Waals surface area (Å²) in [5, 5.41) is 3.64. The molecule has 0 aliphatic heterocycles. The van der Waals surface area contributed by atoms with Crippen LogP contribution >= 0.6 is 0 Å². The van der Waals surface area contributed by atoms with Crippen LogP contribution in [0.2, 0.25) is 18.6 Å². The molecule has 0 radical (unpaired) electrons. The predicted molar refractivity (Wildman–Crippen MR) is 151 cm³/mol. The highest BCUT2D eigenvalue weighted by molar-refractivity contribution is 6.58. The van der Waals surface area contributed by atoms with Crippen molar-refractivity contribution in [3.63, 3.8) is 0 Å². The fraction of sp³-hybridized carbons (Fsp3) is 0.129. The number of hydrogen-bond acceptors (Lipinski definition) is 1. The monoisotopic (exact) mass is 468 g/mol. The van der Waals surface area contributed by atoms with Gasteiger partial charge < -0.3 is 4.57 Å². The first-order valence-electron chi connectivity index (χ1n) is 12.3. The maximum atomic E-state index is 5.39. The topological polar surface area (TPSA) is 22.8 Å². The summed E-state index contributed by atoms with van der Waals surface area (Å²) in [6.07, 6.45) is 8.03. The Labute approximate surface area is 206 Å². The molecule has 3 nitrogen and oxygen atoms in total. The van der Waals surface area contributed by atoms with Gasteiger partial charge in [-0.15, -0.1) is 11.6 Å². The molecule has 0 fully saturated rings. The van der Waals surface area contributed by atoms with Crippen LogP contribution in [0.15, 0.2) is 103 Å². The Hall–Kier alpha value is -3.89. The second-order valence-electron chi connectivity index (χ2n) is 9.70. The first-order valence-corrected chi connectivity index (χ1v) is 14.8. The molecule has 0 spiro atoms. The van der Waals surface area contributed by atoms with E-state index in [9.17, 15) is 0 Å². The average molecular weight is 469 g/mol. The molecule has 170 valence electrons. The van der Waals surface area contributed by atoms with Crippen LogP contribution in [0.25, 0.3) is 55.3 Å². The van der Waals surface area contributed by atoms with Gasteiger partial charge in [-0.3, -0.25) is 13.4 Å². The first kappa shape index (κ1) is 20.5. The average Bonchev–Trinajstić information content (AvgIpc) is 3.40. The lowest BCUT2D eigenvalue weighted by Gasteiger charge is -2.31. The maximum absolute atomic E-state index is 5.39. The lowest BCUT2D eigenvalue weighted by Crippen LogP contribution is -2.14. The Kier molecular flexibility index (Phi) is 4.58. The number of fused-ring (bicyclic) bond motifs is 6. The van der Waals surface area contributed by atoms with E-state index in [-0.39, 0.29) is 0 Å². The Morgan fingerprint density at radius 1 is 0.743 bits per heavy atom. The van der Waals surface area contributed by atoms with Gasteiger partial charge in [-0.2, -0.15) is 13.1 Å². The third kappa shape index (κ3) is 3.06. The predicted octanol–water partition coefficient (Wildman–Crippen LogP) is 8.21. The van der Waals surface area contributed by atoms with Crippen LogP contribution in [-0.2, 0) is 0 Å². The molecule has 3 heterocycles. The number of para-hydroxylation sites is 3. The van der Waals surface area contributed by atoms with E-state index >= 15 is 0 Å². The van der Waals surface area contributed by atoms with Gasteiger partial charge in [-0.1, -0.05) is 60.7 Å². The molecule has 1 atom stereocenters. The summed E-state index contributed by atoms with van der Waals surface area (Å²) in [7, 11) is -0.413. The summed E-state index contributed by atoms with van der Waals surface area (Å²) in [5.41, 5.74) is 8.84. The number of hydrogen-bond donors (Lipinski definition) is 0. The standard InChI is InChI=1S/C31H26N3Si/c1-35(2)23-14-10-13-22(19-23)33-28-18-9-7-16-25(28)30-29(33)20-26-24-15-6-8-17-27(24)34(31(26)32-30)21-11-4-3-5-12-21/h3-18,20,23H,19H2,1-2H3/q-1. The van der Waals surface area contributed by atoms with E-state index in [2.05, 4.69) is 125 Å². The molecule has 0 N–H and O–H groups in total. The van der Waals surface area contributed by atoms with Crippen molar-refractivity contribution in [2.75, 3.05) is 0 Å². The Morgan fingerprint density at radius 2 is 1.43 bits per heavy atom. The maximum Gasteiger partial charge on any atom is 0.146 e. The van der Waals surface area contributed by atoms with Gasteiger partial charge in [0, 0.05) is 27.5 Å². The zero-order chi connectivity index (χ0) is 23.5. The van der Waals surface area contributed by atoms with Crippen molar-refractivity contribution in [2.45, 2.75) is 25.1 Å². The molecule has 3 aromatic heterocycles. The van der Waals surface area contributed by atoms with Crippen LogP contribution in [0.3, 0.4) is 0 Å². The molecule has 0 saturated carbocycles. The van der Waals surface area contributed by atoms with Crippen LogP contribution in [0.1, 0.15) is 6.42 Å². The van der Waals surface area contributed by atoms with Crippen LogP contribution in [0.4, 0.5) is 0 Å². The molecule has 6 aromatic rings. The lowest BCUT2D eigenvalue weighted by molar-refractivity contribution is 0.955. The number of allylic oxidation sites excluding steroid dienone is 4. The van der Waals surface area contributed by atoms with Crippen LogP contribution < -0.4 is 0 Å². The third-order valence-corrected chi connectivity index (χ3v) is 9.25. The fourth-order valence-electron chi connectivity index (χ4n) is 5.61. The third-order valence-electron chi connectivity index (χ3n) is 7.37. The number of nitrogens with zero attached hydrogens (tertiary/aromatic N) is 3. The quantitative estimate of drug-likeness (QED) is 0.240. The smallest absolute Gasteiger partial charge is 0.146 e. The molecule has 7 rings (SSSR count). The highest BCUT2D eigenvalue weighted by atomic mass is 28.3. The molecule has 1 aliphatic rings. The zero-order valence-corrected chi connectivity index (χ0v) is 20.9. The van der Waals surface area contributed by atoms with Crippen molar-refractivity contribution in [1.29, 1.82) is 0 Å². The van der Waals surface area contributed by atoms with Gasteiger partial charge in [0.05, 0.1) is 22.1 Å². The van der Waals surface area contributed by atoms with Gasteiger partial charge in [0.1, 0.15) is 5.65 Å². The summed E-state index contributed by atoms with van der Waals surface area (Å²) in [5.74, 6) is 0. The Bertz CT molecular complexity index is 1800. The normalized spacial score (nSPS) is 16.2. The van der Waals surface area contributed by atoms with Gasteiger partial charge in [0.2, 0.25) is 0 Å². The second kappa shape index (κ2) is 7.82. The van der Waals surface area contributed by atoms with Crippen molar-refractivity contribution >= 4 is 58.4 Å². The zero-order valence-electron chi connectivity index (χ0n) is 19.9. The highest BCUT2D eigenvalue weighted by Gasteiger charge is 2.21. The minimum atomic E-state index is -0.413. The molecule has 1 unspecified atom stereocenters. The van der Waals surface area contributed by atoms with E-state index < -0.39 is 8.80 Å². The fourth-order valence-corrected chi connectivity index (χ4v) is 6.73. The Morgan fingerprint density at radius 3 is 2.20 bits per heavy atom. The minimum absolute atomic E-state index is 0.413. The van der Waals surface area contributed by atoms with E-state index in [1.165, 1.54) is 38.4 Å². The number of pyridine rings is 1. The van der Waals surface area contributed by atoms with E-state index in [1.807, 2.05) is 0 Å². The lowest BCUT2D eigenvalue weighted by atomic mass is 10.1. The highest BCUT2D eigenvalue weighted by Crippen LogP contribution is 2.39. The molecular weight excluding hydrogens is 442 g/mol. The molecule has 4 heteroatoms. The Balaban J connectivity index is 1.60. The molecule has 3 aromatic carbocycles. The number of benzene rings is 3. The van der Waals surface area contributed by atoms with E-state index in [0.717, 1.165) is 23.3 Å². The summed E-state index contributed by atoms with van der Waals surface area (Å²) in [6.45, 7) is 4.83. The summed E-state index contributed by atoms with van der Waals surface area (Å²) >= 11 is 0. The minimum Gasteiger partial charge on any atom is -0.311 e. The molecule has 1 aliphatic carbocycles. The van der Waals surface area contributed by atoms with Crippen molar-refractivity contribution in [2.24, 2.45) is 0 Å². The van der Waals surface area contributed by atoms with Crippen molar-refractivity contribution in [3.05, 3.63) is 103 Å². The van der Waals surface area contributed by atoms with Crippen LogP contribution in [0, 0.1) is 0 Å². The number of aromatic nitrogens is 3.